The van der Waals surface area contributed by atoms with Gasteiger partial charge in [-0.15, -0.1) is 0 Å². The van der Waals surface area contributed by atoms with E-state index in [1.807, 2.05) is 19.1 Å². The zero-order chi connectivity index (χ0) is 12.1. The van der Waals surface area contributed by atoms with Crippen LogP contribution in [0.3, 0.4) is 0 Å². The van der Waals surface area contributed by atoms with Gasteiger partial charge >= 0.3 is 0 Å². The lowest BCUT2D eigenvalue weighted by Gasteiger charge is -2.19. The van der Waals surface area contributed by atoms with Crippen molar-refractivity contribution >= 4 is 27.5 Å². The third-order valence-corrected chi connectivity index (χ3v) is 2.99. The van der Waals surface area contributed by atoms with E-state index in [0.29, 0.717) is 0 Å². The van der Waals surface area contributed by atoms with Crippen molar-refractivity contribution in [2.75, 3.05) is 6.54 Å². The summed E-state index contributed by atoms with van der Waals surface area (Å²) < 4.78 is 1.000. The van der Waals surface area contributed by atoms with E-state index in [1.165, 1.54) is 0 Å². The van der Waals surface area contributed by atoms with Gasteiger partial charge in [0, 0.05) is 9.50 Å². The topological polar surface area (TPSA) is 12.0 Å². The number of benzene rings is 1. The average Bonchev–Trinajstić information content (AvgIpc) is 2.16. The highest BCUT2D eigenvalue weighted by molar-refractivity contribution is 9.10. The molecule has 1 nitrogen and oxygen atoms in total. The van der Waals surface area contributed by atoms with E-state index in [1.54, 1.807) is 0 Å². The summed E-state index contributed by atoms with van der Waals surface area (Å²) in [4.78, 5) is 0. The minimum atomic E-state index is 0.176. The van der Waals surface area contributed by atoms with E-state index in [-0.39, 0.29) is 6.04 Å². The van der Waals surface area contributed by atoms with Gasteiger partial charge in [0.15, 0.2) is 0 Å². The molecule has 0 aromatic heterocycles. The number of rotatable bonds is 5. The predicted octanol–water partition coefficient (Wildman–Crippen LogP) is 4.72. The number of hydrogen-bond acceptors (Lipinski definition) is 1. The molecule has 0 fully saturated rings. The molecule has 0 spiro atoms. The summed E-state index contributed by atoms with van der Waals surface area (Å²) in [6.07, 6.45) is 1.10. The fourth-order valence-corrected chi connectivity index (χ4v) is 2.49. The Morgan fingerprint density at radius 2 is 2.19 bits per heavy atom. The van der Waals surface area contributed by atoms with Crippen molar-refractivity contribution in [3.8, 4) is 0 Å². The molecule has 3 heteroatoms. The molecule has 0 heterocycles. The molecule has 0 saturated heterocycles. The van der Waals surface area contributed by atoms with E-state index in [4.69, 9.17) is 11.6 Å². The van der Waals surface area contributed by atoms with Crippen LogP contribution in [0.4, 0.5) is 0 Å². The molecule has 16 heavy (non-hydrogen) atoms. The third-order valence-electron chi connectivity index (χ3n) is 2.31. The minimum Gasteiger partial charge on any atom is -0.307 e. The number of hydrogen-bond donors (Lipinski definition) is 1. The van der Waals surface area contributed by atoms with E-state index in [9.17, 15) is 0 Å². The van der Waals surface area contributed by atoms with Crippen molar-refractivity contribution in [3.63, 3.8) is 0 Å². The lowest BCUT2D eigenvalue weighted by atomic mass is 10.0. The Labute approximate surface area is 111 Å². The molecule has 0 aliphatic heterocycles. The summed E-state index contributed by atoms with van der Waals surface area (Å²) in [6.45, 7) is 9.18. The number of halogens is 2. The van der Waals surface area contributed by atoms with Gasteiger partial charge in [-0.2, -0.15) is 0 Å². The Bertz CT molecular complexity index is 356. The van der Waals surface area contributed by atoms with Crippen LogP contribution in [0, 0.1) is 0 Å². The molecule has 88 valence electrons. The van der Waals surface area contributed by atoms with Gasteiger partial charge in [0.1, 0.15) is 0 Å². The summed E-state index contributed by atoms with van der Waals surface area (Å²) in [5.41, 5.74) is 2.25. The fourth-order valence-electron chi connectivity index (χ4n) is 1.61. The van der Waals surface area contributed by atoms with Crippen molar-refractivity contribution in [1.82, 2.24) is 5.32 Å². The van der Waals surface area contributed by atoms with Gasteiger partial charge < -0.3 is 5.32 Å². The van der Waals surface area contributed by atoms with E-state index in [0.717, 1.165) is 33.6 Å². The molecule has 0 saturated carbocycles. The molecule has 1 N–H and O–H groups in total. The summed E-state index contributed by atoms with van der Waals surface area (Å²) >= 11 is 9.50. The van der Waals surface area contributed by atoms with Gasteiger partial charge in [-0.25, -0.2) is 0 Å². The molecule has 1 rings (SSSR count). The van der Waals surface area contributed by atoms with Gasteiger partial charge in [0.25, 0.3) is 0 Å². The monoisotopic (exact) mass is 301 g/mol. The summed E-state index contributed by atoms with van der Waals surface area (Å²) in [5, 5.41) is 4.20. The molecule has 1 aromatic carbocycles. The van der Waals surface area contributed by atoms with E-state index >= 15 is 0 Å². The van der Waals surface area contributed by atoms with Crippen LogP contribution in [0.1, 0.15) is 31.9 Å². The second-order valence-corrected chi connectivity index (χ2v) is 5.29. The molecule has 0 radical (unpaired) electrons. The van der Waals surface area contributed by atoms with Gasteiger partial charge in [0.2, 0.25) is 0 Å². The summed E-state index contributed by atoms with van der Waals surface area (Å²) in [6, 6.07) is 6.12. The highest BCUT2D eigenvalue weighted by Gasteiger charge is 2.12. The molecular weight excluding hydrogens is 286 g/mol. The second-order valence-electron chi connectivity index (χ2n) is 3.94. The van der Waals surface area contributed by atoms with Crippen molar-refractivity contribution < 1.29 is 0 Å². The van der Waals surface area contributed by atoms with Crippen LogP contribution in [0.25, 0.3) is 0 Å². The molecule has 0 bridgehead atoms. The standard InChI is InChI=1S/C13H17BrClN/c1-4-5-16-13(9(2)3)10-6-11(14)8-12(15)7-10/h6-8,13,16H,2,4-5H2,1,3H3. The maximum atomic E-state index is 6.05. The highest BCUT2D eigenvalue weighted by Crippen LogP contribution is 2.27. The molecule has 1 aromatic rings. The Morgan fingerprint density at radius 3 is 2.69 bits per heavy atom. The Hall–Kier alpha value is -0.310. The maximum absolute atomic E-state index is 6.05. The largest absolute Gasteiger partial charge is 0.307 e. The molecule has 0 aliphatic carbocycles. The van der Waals surface area contributed by atoms with Gasteiger partial charge in [0.05, 0.1) is 6.04 Å². The van der Waals surface area contributed by atoms with Crippen molar-refractivity contribution in [2.45, 2.75) is 26.3 Å². The SMILES string of the molecule is C=C(C)C(NCCC)c1cc(Cl)cc(Br)c1. The molecule has 0 amide bonds. The van der Waals surface area contributed by atoms with Crippen LogP contribution in [-0.4, -0.2) is 6.54 Å². The molecule has 1 unspecified atom stereocenters. The summed E-state index contributed by atoms with van der Waals surface area (Å²) in [7, 11) is 0. The van der Waals surface area contributed by atoms with Crippen LogP contribution in [-0.2, 0) is 0 Å². The summed E-state index contributed by atoms with van der Waals surface area (Å²) in [5.74, 6) is 0. The highest BCUT2D eigenvalue weighted by atomic mass is 79.9. The van der Waals surface area contributed by atoms with Crippen LogP contribution in [0.15, 0.2) is 34.8 Å². The first kappa shape index (κ1) is 13.8. The number of nitrogens with one attached hydrogen (secondary N) is 1. The first-order valence-corrected chi connectivity index (χ1v) is 6.56. The molecule has 1 atom stereocenters. The van der Waals surface area contributed by atoms with Crippen LogP contribution in [0.2, 0.25) is 5.02 Å². The lowest BCUT2D eigenvalue weighted by Crippen LogP contribution is -2.22. The molecular formula is C13H17BrClN. The zero-order valence-electron chi connectivity index (χ0n) is 9.69. The molecule has 0 aliphatic rings. The van der Waals surface area contributed by atoms with Crippen molar-refractivity contribution in [2.24, 2.45) is 0 Å². The van der Waals surface area contributed by atoms with Gasteiger partial charge in [-0.05, 0) is 43.7 Å². The van der Waals surface area contributed by atoms with Crippen LogP contribution in [0.5, 0.6) is 0 Å². The average molecular weight is 303 g/mol. The van der Waals surface area contributed by atoms with Crippen LogP contribution < -0.4 is 5.32 Å². The Balaban J connectivity index is 2.96. The predicted molar refractivity (Wildman–Crippen MR) is 75.0 cm³/mol. The van der Waals surface area contributed by atoms with Crippen molar-refractivity contribution in [1.29, 1.82) is 0 Å². The van der Waals surface area contributed by atoms with Crippen LogP contribution >= 0.6 is 27.5 Å². The smallest absolute Gasteiger partial charge is 0.0531 e. The van der Waals surface area contributed by atoms with Gasteiger partial charge in [-0.1, -0.05) is 46.6 Å². The first-order valence-electron chi connectivity index (χ1n) is 5.39. The zero-order valence-corrected chi connectivity index (χ0v) is 12.0. The van der Waals surface area contributed by atoms with E-state index < -0.39 is 0 Å². The van der Waals surface area contributed by atoms with E-state index in [2.05, 4.69) is 40.8 Å². The first-order chi connectivity index (χ1) is 7.54. The maximum Gasteiger partial charge on any atom is 0.0531 e. The second kappa shape index (κ2) is 6.43. The Morgan fingerprint density at radius 1 is 1.50 bits per heavy atom. The fraction of sp³-hybridized carbons (Fsp3) is 0.385. The minimum absolute atomic E-state index is 0.176. The van der Waals surface area contributed by atoms with Gasteiger partial charge in [-0.3, -0.25) is 0 Å². The normalized spacial score (nSPS) is 12.5. The lowest BCUT2D eigenvalue weighted by molar-refractivity contribution is 0.591. The quantitative estimate of drug-likeness (QED) is 0.776. The Kier molecular flexibility index (Phi) is 5.53. The van der Waals surface area contributed by atoms with Crippen molar-refractivity contribution in [3.05, 3.63) is 45.4 Å². The third kappa shape index (κ3) is 3.93.